The molecule has 0 amide bonds. The minimum absolute atomic E-state index is 0.486. The van der Waals surface area contributed by atoms with E-state index >= 15 is 0 Å². The van der Waals surface area contributed by atoms with Crippen molar-refractivity contribution in [3.8, 4) is 0 Å². The Labute approximate surface area is 114 Å². The van der Waals surface area contributed by atoms with Gasteiger partial charge in [-0.3, -0.25) is 4.90 Å². The van der Waals surface area contributed by atoms with Crippen LogP contribution >= 0.6 is 0 Å². The predicted molar refractivity (Wildman–Crippen MR) is 76.6 cm³/mol. The fourth-order valence-electron chi connectivity index (χ4n) is 2.88. The van der Waals surface area contributed by atoms with Crippen molar-refractivity contribution in [1.29, 1.82) is 0 Å². The highest BCUT2D eigenvalue weighted by Crippen LogP contribution is 2.32. The summed E-state index contributed by atoms with van der Waals surface area (Å²) in [4.78, 5) is 2.51. The molecular formula is C16H20N2O. The lowest BCUT2D eigenvalue weighted by molar-refractivity contribution is 0.130. The van der Waals surface area contributed by atoms with Gasteiger partial charge in [0.05, 0.1) is 12.8 Å². The summed E-state index contributed by atoms with van der Waals surface area (Å²) in [6.45, 7) is 2.03. The van der Waals surface area contributed by atoms with Gasteiger partial charge in [0.1, 0.15) is 5.76 Å². The Morgan fingerprint density at radius 2 is 2.00 bits per heavy atom. The highest BCUT2D eigenvalue weighted by Gasteiger charge is 2.24. The van der Waals surface area contributed by atoms with Crippen LogP contribution in [0.4, 0.5) is 5.69 Å². The Bertz CT molecular complexity index is 504. The second-order valence-electron chi connectivity index (χ2n) is 5.23. The van der Waals surface area contributed by atoms with Crippen molar-refractivity contribution in [1.82, 2.24) is 4.90 Å². The van der Waals surface area contributed by atoms with E-state index in [0.29, 0.717) is 6.04 Å². The van der Waals surface area contributed by atoms with Gasteiger partial charge in [-0.2, -0.15) is 0 Å². The molecule has 3 heteroatoms. The molecule has 0 radical (unpaired) electrons. The number of hydrogen-bond donors (Lipinski definition) is 1. The molecule has 19 heavy (non-hydrogen) atoms. The van der Waals surface area contributed by atoms with Gasteiger partial charge in [-0.25, -0.2) is 0 Å². The summed E-state index contributed by atoms with van der Waals surface area (Å²) in [5, 5.41) is 0. The number of piperidine rings is 1. The summed E-state index contributed by atoms with van der Waals surface area (Å²) in [6, 6.07) is 12.8. The van der Waals surface area contributed by atoms with E-state index in [4.69, 9.17) is 10.2 Å². The zero-order valence-electron chi connectivity index (χ0n) is 11.1. The predicted octanol–water partition coefficient (Wildman–Crippen LogP) is 3.59. The number of nitrogens with two attached hydrogens (primary N) is 1. The Morgan fingerprint density at radius 3 is 2.74 bits per heavy atom. The van der Waals surface area contributed by atoms with Gasteiger partial charge in [-0.1, -0.05) is 18.6 Å². The number of rotatable bonds is 3. The standard InChI is InChI=1S/C16H20N2O/c17-14-8-6-13(7-9-14)16-5-1-2-10-18(16)12-15-4-3-11-19-15/h3-4,6-9,11,16H,1-2,5,10,12,17H2. The summed E-state index contributed by atoms with van der Waals surface area (Å²) >= 11 is 0. The van der Waals surface area contributed by atoms with Crippen molar-refractivity contribution in [2.45, 2.75) is 31.8 Å². The van der Waals surface area contributed by atoms with Gasteiger partial charge in [0.15, 0.2) is 0 Å². The molecular weight excluding hydrogens is 236 g/mol. The number of furan rings is 1. The largest absolute Gasteiger partial charge is 0.468 e. The van der Waals surface area contributed by atoms with Gasteiger partial charge < -0.3 is 10.2 Å². The van der Waals surface area contributed by atoms with Gasteiger partial charge in [-0.15, -0.1) is 0 Å². The second-order valence-corrected chi connectivity index (χ2v) is 5.23. The van der Waals surface area contributed by atoms with Gasteiger partial charge in [0.25, 0.3) is 0 Å². The van der Waals surface area contributed by atoms with Gasteiger partial charge in [-0.05, 0) is 49.2 Å². The maximum absolute atomic E-state index is 5.77. The number of anilines is 1. The van der Waals surface area contributed by atoms with E-state index in [9.17, 15) is 0 Å². The monoisotopic (exact) mass is 256 g/mol. The molecule has 0 saturated carbocycles. The average molecular weight is 256 g/mol. The first-order chi connectivity index (χ1) is 9.33. The normalized spacial score (nSPS) is 20.5. The molecule has 2 N–H and O–H groups in total. The first-order valence-corrected chi connectivity index (χ1v) is 6.95. The van der Waals surface area contributed by atoms with Gasteiger partial charge >= 0.3 is 0 Å². The summed E-state index contributed by atoms with van der Waals surface area (Å²) in [5.41, 5.74) is 7.96. The molecule has 2 heterocycles. The van der Waals surface area contributed by atoms with Crippen LogP contribution in [0.25, 0.3) is 0 Å². The lowest BCUT2D eigenvalue weighted by atomic mass is 9.95. The second kappa shape index (κ2) is 5.49. The molecule has 0 aliphatic carbocycles. The molecule has 100 valence electrons. The fourth-order valence-corrected chi connectivity index (χ4v) is 2.88. The maximum atomic E-state index is 5.77. The Hall–Kier alpha value is -1.74. The van der Waals surface area contributed by atoms with Crippen molar-refractivity contribution in [3.05, 3.63) is 54.0 Å². The van der Waals surface area contributed by atoms with E-state index in [1.807, 2.05) is 18.2 Å². The van der Waals surface area contributed by atoms with Crippen molar-refractivity contribution in [2.75, 3.05) is 12.3 Å². The average Bonchev–Trinajstić information content (AvgIpc) is 2.93. The van der Waals surface area contributed by atoms with E-state index in [1.165, 1.54) is 24.8 Å². The van der Waals surface area contributed by atoms with Crippen molar-refractivity contribution in [3.63, 3.8) is 0 Å². The molecule has 1 aliphatic heterocycles. The van der Waals surface area contributed by atoms with Crippen molar-refractivity contribution >= 4 is 5.69 Å². The SMILES string of the molecule is Nc1ccc(C2CCCCN2Cc2ccco2)cc1. The van der Waals surface area contributed by atoms with Crippen LogP contribution in [0, 0.1) is 0 Å². The molecule has 1 saturated heterocycles. The van der Waals surface area contributed by atoms with E-state index in [1.54, 1.807) is 6.26 Å². The molecule has 1 aliphatic rings. The summed E-state index contributed by atoms with van der Waals surface area (Å²) in [7, 11) is 0. The van der Waals surface area contributed by atoms with Crippen LogP contribution < -0.4 is 5.73 Å². The third-order valence-corrected chi connectivity index (χ3v) is 3.87. The lowest BCUT2D eigenvalue weighted by Crippen LogP contribution is -2.32. The molecule has 1 atom stereocenters. The summed E-state index contributed by atoms with van der Waals surface area (Å²) in [5.74, 6) is 1.04. The van der Waals surface area contributed by atoms with Crippen LogP contribution in [0.2, 0.25) is 0 Å². The Morgan fingerprint density at radius 1 is 1.16 bits per heavy atom. The molecule has 1 aromatic carbocycles. The molecule has 1 fully saturated rings. The zero-order chi connectivity index (χ0) is 13.1. The lowest BCUT2D eigenvalue weighted by Gasteiger charge is -2.35. The van der Waals surface area contributed by atoms with Crippen LogP contribution in [-0.4, -0.2) is 11.4 Å². The fraction of sp³-hybridized carbons (Fsp3) is 0.375. The van der Waals surface area contributed by atoms with Crippen molar-refractivity contribution < 1.29 is 4.42 Å². The van der Waals surface area contributed by atoms with Crippen LogP contribution in [0.1, 0.15) is 36.6 Å². The smallest absolute Gasteiger partial charge is 0.117 e. The number of hydrogen-bond acceptors (Lipinski definition) is 3. The molecule has 0 spiro atoms. The minimum Gasteiger partial charge on any atom is -0.468 e. The highest BCUT2D eigenvalue weighted by molar-refractivity contribution is 5.40. The summed E-state index contributed by atoms with van der Waals surface area (Å²) in [6.07, 6.45) is 5.53. The third-order valence-electron chi connectivity index (χ3n) is 3.87. The van der Waals surface area contributed by atoms with Crippen LogP contribution in [0.5, 0.6) is 0 Å². The number of nitrogen functional groups attached to an aromatic ring is 1. The van der Waals surface area contributed by atoms with E-state index in [0.717, 1.165) is 24.5 Å². The highest BCUT2D eigenvalue weighted by atomic mass is 16.3. The minimum atomic E-state index is 0.486. The Balaban J connectivity index is 1.78. The first-order valence-electron chi connectivity index (χ1n) is 6.95. The molecule has 3 rings (SSSR count). The molecule has 1 unspecified atom stereocenters. The van der Waals surface area contributed by atoms with E-state index in [-0.39, 0.29) is 0 Å². The molecule has 2 aromatic rings. The van der Waals surface area contributed by atoms with Crippen LogP contribution in [0.3, 0.4) is 0 Å². The first kappa shape index (κ1) is 12.3. The van der Waals surface area contributed by atoms with Crippen LogP contribution in [-0.2, 0) is 6.54 Å². The topological polar surface area (TPSA) is 42.4 Å². The van der Waals surface area contributed by atoms with E-state index in [2.05, 4.69) is 23.1 Å². The van der Waals surface area contributed by atoms with Gasteiger partial charge in [0.2, 0.25) is 0 Å². The number of nitrogens with zero attached hydrogens (tertiary/aromatic N) is 1. The van der Waals surface area contributed by atoms with E-state index < -0.39 is 0 Å². The maximum Gasteiger partial charge on any atom is 0.117 e. The van der Waals surface area contributed by atoms with Crippen LogP contribution in [0.15, 0.2) is 47.1 Å². The molecule has 0 bridgehead atoms. The number of benzene rings is 1. The third kappa shape index (κ3) is 2.82. The zero-order valence-corrected chi connectivity index (χ0v) is 11.1. The van der Waals surface area contributed by atoms with Gasteiger partial charge in [0, 0.05) is 11.7 Å². The quantitative estimate of drug-likeness (QED) is 0.853. The molecule has 3 nitrogen and oxygen atoms in total. The molecule has 1 aromatic heterocycles. The Kier molecular flexibility index (Phi) is 3.56. The summed E-state index contributed by atoms with van der Waals surface area (Å²) < 4.78 is 5.48. The van der Waals surface area contributed by atoms with Crippen molar-refractivity contribution in [2.24, 2.45) is 0 Å². The number of likely N-dealkylation sites (tertiary alicyclic amines) is 1.